The Balaban J connectivity index is 6.12. The molecule has 2 atom stereocenters. The third-order valence-corrected chi connectivity index (χ3v) is 12.3. The van der Waals surface area contributed by atoms with E-state index in [4.69, 9.17) is 32.3 Å². The lowest BCUT2D eigenvalue weighted by atomic mass is 10.1. The molecule has 7 nitrogen and oxygen atoms in total. The summed E-state index contributed by atoms with van der Waals surface area (Å²) >= 11 is 0. The van der Waals surface area contributed by atoms with Gasteiger partial charge < -0.3 is 32.3 Å². The number of nitrogens with two attached hydrogens (primary N) is 1. The predicted octanol–water partition coefficient (Wildman–Crippen LogP) is 3.97. The van der Waals surface area contributed by atoms with Gasteiger partial charge in [0.2, 0.25) is 0 Å². The van der Waals surface area contributed by atoms with E-state index in [0.29, 0.717) is 39.6 Å². The zero-order chi connectivity index (χ0) is 21.6. The van der Waals surface area contributed by atoms with Crippen molar-refractivity contribution in [1.82, 2.24) is 0 Å². The number of hydrogen-bond donors (Lipinski definition) is 1. The first kappa shape index (κ1) is 28.2. The molecule has 0 aliphatic rings. The Labute approximate surface area is 175 Å². The van der Waals surface area contributed by atoms with E-state index < -0.39 is 17.6 Å². The maximum absolute atomic E-state index is 6.93. The first-order chi connectivity index (χ1) is 13.4. The van der Waals surface area contributed by atoms with E-state index in [9.17, 15) is 0 Å². The van der Waals surface area contributed by atoms with Crippen molar-refractivity contribution in [2.24, 2.45) is 5.73 Å². The van der Waals surface area contributed by atoms with Gasteiger partial charge in [0.1, 0.15) is 0 Å². The lowest BCUT2D eigenvalue weighted by Gasteiger charge is -2.43. The molecule has 0 fully saturated rings. The largest absolute Gasteiger partial charge is 0.505 e. The average Bonchev–Trinajstić information content (AvgIpc) is 2.64. The van der Waals surface area contributed by atoms with E-state index in [1.165, 1.54) is 0 Å². The molecule has 9 heteroatoms. The smallest absolute Gasteiger partial charge is 0.374 e. The zero-order valence-electron chi connectivity index (χ0n) is 19.4. The third kappa shape index (κ3) is 7.14. The summed E-state index contributed by atoms with van der Waals surface area (Å²) in [6.45, 7) is 19.2. The summed E-state index contributed by atoms with van der Waals surface area (Å²) < 4.78 is 37.1. The molecule has 0 rings (SSSR count). The maximum Gasteiger partial charge on any atom is 0.505 e. The van der Waals surface area contributed by atoms with Crippen LogP contribution in [-0.4, -0.2) is 63.3 Å². The van der Waals surface area contributed by atoms with Gasteiger partial charge in [-0.25, -0.2) is 0 Å². The fraction of sp³-hybridized carbons (Fsp3) is 1.00. The average molecular weight is 440 g/mol. The van der Waals surface area contributed by atoms with Crippen LogP contribution in [0, 0.1) is 0 Å². The first-order valence-corrected chi connectivity index (χ1v) is 14.6. The molecule has 0 aromatic rings. The van der Waals surface area contributed by atoms with Crippen LogP contribution in [0.3, 0.4) is 0 Å². The molecule has 28 heavy (non-hydrogen) atoms. The highest BCUT2D eigenvalue weighted by Crippen LogP contribution is 2.42. The molecule has 0 radical (unpaired) electrons. The van der Waals surface area contributed by atoms with E-state index in [2.05, 4.69) is 13.8 Å². The molecule has 0 aromatic carbocycles. The van der Waals surface area contributed by atoms with Crippen molar-refractivity contribution in [3.05, 3.63) is 0 Å². The predicted molar refractivity (Wildman–Crippen MR) is 117 cm³/mol. The van der Waals surface area contributed by atoms with Crippen molar-refractivity contribution in [2.75, 3.05) is 39.6 Å². The van der Waals surface area contributed by atoms with Gasteiger partial charge in [0.25, 0.3) is 0 Å². The van der Waals surface area contributed by atoms with Crippen LogP contribution in [0.15, 0.2) is 0 Å². The van der Waals surface area contributed by atoms with Crippen molar-refractivity contribution in [3.8, 4) is 0 Å². The first-order valence-electron chi connectivity index (χ1n) is 11.0. The SMILES string of the molecule is CCO[Si](OCC)(OCC)C(CC)C(N)C(CC)[Si](OCC)(OCC)OCC. The van der Waals surface area contributed by atoms with Crippen LogP contribution in [0.4, 0.5) is 0 Å². The van der Waals surface area contributed by atoms with E-state index in [1.807, 2.05) is 41.5 Å². The second-order valence-electron chi connectivity index (χ2n) is 6.41. The second kappa shape index (κ2) is 15.0. The number of rotatable bonds is 18. The summed E-state index contributed by atoms with van der Waals surface area (Å²) in [7, 11) is -5.97. The second-order valence-corrected chi connectivity index (χ2v) is 12.0. The Morgan fingerprint density at radius 2 is 0.714 bits per heavy atom. The molecular formula is C19H45NO6Si2. The van der Waals surface area contributed by atoms with E-state index >= 15 is 0 Å². The zero-order valence-corrected chi connectivity index (χ0v) is 21.4. The standard InChI is InChI=1S/C19H45NO6Si2/c1-9-17(27(21-11-3,22-12-4)23-13-5)19(20)18(10-2)28(24-14-6,25-15-7)26-16-8/h17-19H,9-16,20H2,1-8H3. The van der Waals surface area contributed by atoms with Gasteiger partial charge in [-0.3, -0.25) is 0 Å². The highest BCUT2D eigenvalue weighted by molar-refractivity contribution is 6.65. The fourth-order valence-corrected chi connectivity index (χ4v) is 10.7. The minimum Gasteiger partial charge on any atom is -0.374 e. The molecule has 0 saturated heterocycles. The van der Waals surface area contributed by atoms with Crippen LogP contribution in [0.2, 0.25) is 11.1 Å². The van der Waals surface area contributed by atoms with Crippen LogP contribution in [0.5, 0.6) is 0 Å². The van der Waals surface area contributed by atoms with Crippen molar-refractivity contribution >= 4 is 17.6 Å². The molecule has 2 N–H and O–H groups in total. The van der Waals surface area contributed by atoms with Gasteiger partial charge in [0.15, 0.2) is 0 Å². The van der Waals surface area contributed by atoms with Gasteiger partial charge >= 0.3 is 17.6 Å². The quantitative estimate of drug-likeness (QED) is 0.324. The summed E-state index contributed by atoms with van der Waals surface area (Å²) in [6, 6.07) is -0.275. The molecule has 0 bridgehead atoms. The van der Waals surface area contributed by atoms with Gasteiger partial charge in [-0.05, 0) is 54.4 Å². The van der Waals surface area contributed by atoms with E-state index in [0.717, 1.165) is 12.8 Å². The molecule has 0 amide bonds. The summed E-state index contributed by atoms with van der Waals surface area (Å²) in [6.07, 6.45) is 1.58. The van der Waals surface area contributed by atoms with Crippen molar-refractivity contribution < 1.29 is 26.6 Å². The highest BCUT2D eigenvalue weighted by Gasteiger charge is 2.58. The van der Waals surface area contributed by atoms with Gasteiger partial charge in [0.05, 0.1) is 0 Å². The van der Waals surface area contributed by atoms with E-state index in [-0.39, 0.29) is 17.1 Å². The normalized spacial score (nSPS) is 16.2. The molecular weight excluding hydrogens is 394 g/mol. The van der Waals surface area contributed by atoms with Crippen molar-refractivity contribution in [3.63, 3.8) is 0 Å². The van der Waals surface area contributed by atoms with Crippen molar-refractivity contribution in [2.45, 2.75) is 85.4 Å². The van der Waals surface area contributed by atoms with Gasteiger partial charge in [-0.2, -0.15) is 0 Å². The van der Waals surface area contributed by atoms with Crippen LogP contribution in [0.1, 0.15) is 68.2 Å². The van der Waals surface area contributed by atoms with E-state index in [1.54, 1.807) is 0 Å². The molecule has 0 heterocycles. The molecule has 2 unspecified atom stereocenters. The summed E-state index contributed by atoms with van der Waals surface area (Å²) in [4.78, 5) is 0. The molecule has 170 valence electrons. The minimum atomic E-state index is -2.98. The Kier molecular flexibility index (Phi) is 15.1. The van der Waals surface area contributed by atoms with Gasteiger partial charge in [-0.1, -0.05) is 13.8 Å². The lowest BCUT2D eigenvalue weighted by molar-refractivity contribution is 0.0443. The summed E-state index contributed by atoms with van der Waals surface area (Å²) in [5.41, 5.74) is 6.80. The van der Waals surface area contributed by atoms with Crippen LogP contribution < -0.4 is 5.73 Å². The van der Waals surface area contributed by atoms with Crippen molar-refractivity contribution in [1.29, 1.82) is 0 Å². The maximum atomic E-state index is 6.93. The summed E-state index contributed by atoms with van der Waals surface area (Å²) in [5, 5.41) is 0. The van der Waals surface area contributed by atoms with Gasteiger partial charge in [0, 0.05) is 56.8 Å². The third-order valence-electron chi connectivity index (χ3n) is 4.79. The molecule has 0 aliphatic carbocycles. The lowest BCUT2D eigenvalue weighted by Crippen LogP contribution is -2.61. The fourth-order valence-electron chi connectivity index (χ4n) is 3.90. The molecule has 0 aliphatic heterocycles. The molecule has 0 saturated carbocycles. The monoisotopic (exact) mass is 439 g/mol. The molecule has 0 aromatic heterocycles. The molecule has 0 spiro atoms. The Hall–Kier alpha value is 0.154. The van der Waals surface area contributed by atoms with Crippen LogP contribution >= 0.6 is 0 Å². The van der Waals surface area contributed by atoms with Crippen LogP contribution in [-0.2, 0) is 26.6 Å². The summed E-state index contributed by atoms with van der Waals surface area (Å²) in [5.74, 6) is 0. The Morgan fingerprint density at radius 3 is 0.857 bits per heavy atom. The van der Waals surface area contributed by atoms with Crippen LogP contribution in [0.25, 0.3) is 0 Å². The number of hydrogen-bond acceptors (Lipinski definition) is 7. The Morgan fingerprint density at radius 1 is 0.500 bits per heavy atom. The highest BCUT2D eigenvalue weighted by atomic mass is 28.4. The topological polar surface area (TPSA) is 81.4 Å². The van der Waals surface area contributed by atoms with Gasteiger partial charge in [-0.15, -0.1) is 0 Å². The Bertz CT molecular complexity index is 323. The minimum absolute atomic E-state index is 0.0643.